The molecule has 0 heterocycles. The molecular weight excluding hydrogens is 282 g/mol. The van der Waals surface area contributed by atoms with Gasteiger partial charge in [0.2, 0.25) is 5.91 Å². The van der Waals surface area contributed by atoms with Gasteiger partial charge in [0.1, 0.15) is 5.75 Å². The molecule has 0 aliphatic heterocycles. The molecule has 0 radical (unpaired) electrons. The lowest BCUT2D eigenvalue weighted by Crippen LogP contribution is -2.44. The maximum absolute atomic E-state index is 12.2. The average Bonchev–Trinajstić information content (AvgIpc) is 2.35. The number of carbonyl (C=O) groups excluding carboxylic acids is 1. The second-order valence-corrected chi connectivity index (χ2v) is 6.10. The molecule has 1 saturated carbocycles. The first-order valence-corrected chi connectivity index (χ1v) is 7.68. The summed E-state index contributed by atoms with van der Waals surface area (Å²) in [6.07, 6.45) is 1.32. The molecule has 0 aromatic heterocycles. The van der Waals surface area contributed by atoms with E-state index in [4.69, 9.17) is 9.84 Å². The number of aliphatic carboxylic acids is 1. The maximum atomic E-state index is 12.2. The van der Waals surface area contributed by atoms with E-state index in [0.29, 0.717) is 12.8 Å². The van der Waals surface area contributed by atoms with E-state index in [-0.39, 0.29) is 18.1 Å². The summed E-state index contributed by atoms with van der Waals surface area (Å²) in [5, 5.41) is 11.9. The Hall–Kier alpha value is -2.04. The van der Waals surface area contributed by atoms with Crippen molar-refractivity contribution in [2.45, 2.75) is 45.8 Å². The van der Waals surface area contributed by atoms with Gasteiger partial charge in [0.15, 0.2) is 0 Å². The third-order valence-electron chi connectivity index (χ3n) is 4.02. The lowest BCUT2D eigenvalue weighted by atomic mass is 9.73. The van der Waals surface area contributed by atoms with Crippen LogP contribution in [0.15, 0.2) is 24.3 Å². The number of carbonyl (C=O) groups is 2. The fourth-order valence-electron chi connectivity index (χ4n) is 2.64. The van der Waals surface area contributed by atoms with Crippen LogP contribution >= 0.6 is 0 Å². The second-order valence-electron chi connectivity index (χ2n) is 6.10. The van der Waals surface area contributed by atoms with Gasteiger partial charge in [-0.1, -0.05) is 12.1 Å². The van der Waals surface area contributed by atoms with Gasteiger partial charge >= 0.3 is 5.97 Å². The van der Waals surface area contributed by atoms with E-state index in [0.717, 1.165) is 11.3 Å². The minimum Gasteiger partial charge on any atom is -0.491 e. The summed E-state index contributed by atoms with van der Waals surface area (Å²) in [6, 6.07) is 7.41. The quantitative estimate of drug-likeness (QED) is 0.847. The highest BCUT2D eigenvalue weighted by atomic mass is 16.5. The van der Waals surface area contributed by atoms with Crippen molar-refractivity contribution < 1.29 is 19.4 Å². The summed E-state index contributed by atoms with van der Waals surface area (Å²) < 4.78 is 5.65. The molecule has 3 unspecified atom stereocenters. The van der Waals surface area contributed by atoms with Crippen LogP contribution in [0.2, 0.25) is 0 Å². The minimum atomic E-state index is -0.883. The van der Waals surface area contributed by atoms with Gasteiger partial charge in [0.25, 0.3) is 0 Å². The van der Waals surface area contributed by atoms with Gasteiger partial charge in [-0.15, -0.1) is 0 Å². The predicted molar refractivity (Wildman–Crippen MR) is 82.6 cm³/mol. The molecule has 1 aliphatic rings. The van der Waals surface area contributed by atoms with Crippen molar-refractivity contribution in [1.29, 1.82) is 0 Å². The summed E-state index contributed by atoms with van der Waals surface area (Å²) in [5.74, 6) is -1.24. The molecule has 2 N–H and O–H groups in total. The average molecular weight is 305 g/mol. The monoisotopic (exact) mass is 305 g/mol. The smallest absolute Gasteiger partial charge is 0.307 e. The molecule has 22 heavy (non-hydrogen) atoms. The lowest BCUT2D eigenvalue weighted by Gasteiger charge is -2.33. The Balaban J connectivity index is 1.98. The third-order valence-corrected chi connectivity index (χ3v) is 4.02. The first kappa shape index (κ1) is 16.3. The van der Waals surface area contributed by atoms with Crippen LogP contribution in [0.25, 0.3) is 0 Å². The van der Waals surface area contributed by atoms with E-state index in [1.807, 2.05) is 45.0 Å². The summed E-state index contributed by atoms with van der Waals surface area (Å²) in [6.45, 7) is 5.81. The number of carboxylic acids is 1. The largest absolute Gasteiger partial charge is 0.491 e. The number of ether oxygens (including phenoxy) is 1. The number of nitrogens with one attached hydrogen (secondary N) is 1. The third kappa shape index (κ3) is 3.78. The number of carboxylic acid groups (broad SMARTS) is 1. The number of rotatable bonds is 6. The highest BCUT2D eigenvalue weighted by Crippen LogP contribution is 2.35. The summed E-state index contributed by atoms with van der Waals surface area (Å²) in [5.41, 5.74) is 0.942. The van der Waals surface area contributed by atoms with Gasteiger partial charge in [-0.05, 0) is 51.3 Å². The summed E-state index contributed by atoms with van der Waals surface area (Å²) >= 11 is 0. The molecule has 5 heteroatoms. The molecular formula is C17H23NO4. The van der Waals surface area contributed by atoms with E-state index in [2.05, 4.69) is 5.32 Å². The molecule has 0 spiro atoms. The van der Waals surface area contributed by atoms with E-state index in [1.165, 1.54) is 0 Å². The van der Waals surface area contributed by atoms with Crippen LogP contribution in [0.1, 0.15) is 45.2 Å². The predicted octanol–water partition coefficient (Wildman–Crippen LogP) is 2.76. The molecule has 5 nitrogen and oxygen atoms in total. The zero-order valence-corrected chi connectivity index (χ0v) is 13.2. The Labute approximate surface area is 130 Å². The molecule has 1 aromatic rings. The van der Waals surface area contributed by atoms with Crippen LogP contribution in [0.5, 0.6) is 5.75 Å². The molecule has 1 amide bonds. The van der Waals surface area contributed by atoms with Gasteiger partial charge in [0, 0.05) is 0 Å². The van der Waals surface area contributed by atoms with Crippen molar-refractivity contribution in [3.8, 4) is 5.75 Å². The van der Waals surface area contributed by atoms with Gasteiger partial charge in [-0.25, -0.2) is 0 Å². The van der Waals surface area contributed by atoms with E-state index in [9.17, 15) is 9.59 Å². The fourth-order valence-corrected chi connectivity index (χ4v) is 2.64. The molecule has 1 aromatic carbocycles. The number of hydrogen-bond donors (Lipinski definition) is 2. The Morgan fingerprint density at radius 3 is 2.45 bits per heavy atom. The first-order valence-electron chi connectivity index (χ1n) is 7.68. The molecule has 0 saturated heterocycles. The molecule has 0 bridgehead atoms. The van der Waals surface area contributed by atoms with Crippen molar-refractivity contribution in [3.63, 3.8) is 0 Å². The van der Waals surface area contributed by atoms with E-state index < -0.39 is 17.8 Å². The van der Waals surface area contributed by atoms with Crippen molar-refractivity contribution in [2.75, 3.05) is 0 Å². The zero-order valence-electron chi connectivity index (χ0n) is 13.2. The van der Waals surface area contributed by atoms with Crippen LogP contribution in [-0.4, -0.2) is 23.1 Å². The minimum absolute atomic E-state index is 0.0893. The van der Waals surface area contributed by atoms with Crippen molar-refractivity contribution >= 4 is 11.9 Å². The van der Waals surface area contributed by atoms with E-state index >= 15 is 0 Å². The van der Waals surface area contributed by atoms with Crippen LogP contribution in [0.4, 0.5) is 0 Å². The van der Waals surface area contributed by atoms with Crippen molar-refractivity contribution in [1.82, 2.24) is 5.32 Å². The van der Waals surface area contributed by atoms with Gasteiger partial charge in [-0.2, -0.15) is 0 Å². The highest BCUT2D eigenvalue weighted by molar-refractivity contribution is 5.86. The normalized spacial score (nSPS) is 21.8. The zero-order chi connectivity index (χ0) is 16.3. The topological polar surface area (TPSA) is 75.6 Å². The number of benzene rings is 1. The molecule has 1 aliphatic carbocycles. The van der Waals surface area contributed by atoms with Crippen LogP contribution in [0, 0.1) is 11.8 Å². The SMILES string of the molecule is CC(C)Oc1cccc(C(C)NC(=O)C2CCC2C(=O)O)c1. The van der Waals surface area contributed by atoms with Crippen molar-refractivity contribution in [2.24, 2.45) is 11.8 Å². The van der Waals surface area contributed by atoms with Crippen LogP contribution in [0.3, 0.4) is 0 Å². The van der Waals surface area contributed by atoms with Crippen molar-refractivity contribution in [3.05, 3.63) is 29.8 Å². The van der Waals surface area contributed by atoms with Gasteiger partial charge in [-0.3, -0.25) is 9.59 Å². The Morgan fingerprint density at radius 1 is 1.23 bits per heavy atom. The Morgan fingerprint density at radius 2 is 1.91 bits per heavy atom. The summed E-state index contributed by atoms with van der Waals surface area (Å²) in [7, 11) is 0. The second kappa shape index (κ2) is 6.81. The first-order chi connectivity index (χ1) is 10.4. The van der Waals surface area contributed by atoms with Crippen LogP contribution in [-0.2, 0) is 9.59 Å². The lowest BCUT2D eigenvalue weighted by molar-refractivity contribution is -0.152. The molecule has 120 valence electrons. The molecule has 1 fully saturated rings. The van der Waals surface area contributed by atoms with E-state index in [1.54, 1.807) is 0 Å². The Bertz CT molecular complexity index is 555. The molecule has 2 rings (SSSR count). The summed E-state index contributed by atoms with van der Waals surface area (Å²) in [4.78, 5) is 23.2. The fraction of sp³-hybridized carbons (Fsp3) is 0.529. The molecule has 3 atom stereocenters. The van der Waals surface area contributed by atoms with Gasteiger partial charge in [0.05, 0.1) is 24.0 Å². The maximum Gasteiger partial charge on any atom is 0.307 e. The standard InChI is InChI=1S/C17H23NO4/c1-10(2)22-13-6-4-5-12(9-13)11(3)18-16(19)14-7-8-15(14)17(20)21/h4-6,9-11,14-15H,7-8H2,1-3H3,(H,18,19)(H,20,21). The highest BCUT2D eigenvalue weighted by Gasteiger charge is 2.41. The number of hydrogen-bond acceptors (Lipinski definition) is 3. The van der Waals surface area contributed by atoms with Crippen LogP contribution < -0.4 is 10.1 Å². The Kier molecular flexibility index (Phi) is 5.06. The van der Waals surface area contributed by atoms with Gasteiger partial charge < -0.3 is 15.2 Å². The number of amides is 1.